The summed E-state index contributed by atoms with van der Waals surface area (Å²) in [7, 11) is 0. The van der Waals surface area contributed by atoms with Gasteiger partial charge < -0.3 is 11.1 Å². The highest BCUT2D eigenvalue weighted by molar-refractivity contribution is 6.34. The number of rotatable bonds is 5. The Balaban J connectivity index is 2.77. The minimum atomic E-state index is -4.36. The summed E-state index contributed by atoms with van der Waals surface area (Å²) in [4.78, 5) is 13.1. The lowest BCUT2D eigenvalue weighted by molar-refractivity contribution is -0.152. The number of alkyl halides is 3. The molecular weight excluding hydrogens is 307 g/mol. The molecule has 1 aromatic rings. The van der Waals surface area contributed by atoms with Gasteiger partial charge in [-0.1, -0.05) is 18.5 Å². The Morgan fingerprint density at radius 3 is 2.57 bits per heavy atom. The van der Waals surface area contributed by atoms with Crippen LogP contribution in [0.15, 0.2) is 18.2 Å². The molecule has 0 saturated carbocycles. The number of nitrogens with two attached hydrogens (primary N) is 1. The summed E-state index contributed by atoms with van der Waals surface area (Å²) in [5.41, 5.74) is 6.27. The number of nitrogens with zero attached hydrogens (tertiary/aromatic N) is 1. The largest absolute Gasteiger partial charge is 0.401 e. The van der Waals surface area contributed by atoms with Gasteiger partial charge in [0.1, 0.15) is 0 Å². The van der Waals surface area contributed by atoms with Gasteiger partial charge in [-0.05, 0) is 31.7 Å². The normalized spacial score (nSPS) is 13.3. The third kappa shape index (κ3) is 5.43. The summed E-state index contributed by atoms with van der Waals surface area (Å²) < 4.78 is 37.3. The second kappa shape index (κ2) is 7.00. The van der Waals surface area contributed by atoms with E-state index < -0.39 is 24.7 Å². The van der Waals surface area contributed by atoms with E-state index in [2.05, 4.69) is 5.32 Å². The average molecular weight is 324 g/mol. The number of carbonyl (C=O) groups is 1. The standard InChI is InChI=1S/C13H17ClF3N3O/c1-3-20(7-13(15,16)17)8(2)12(21)19-11-5-4-9(18)6-10(11)14/h4-6,8H,3,7,18H2,1-2H3,(H,19,21). The van der Waals surface area contributed by atoms with Gasteiger partial charge in [-0.15, -0.1) is 0 Å². The molecule has 0 aliphatic carbocycles. The molecule has 0 aliphatic rings. The van der Waals surface area contributed by atoms with Crippen molar-refractivity contribution in [2.75, 3.05) is 24.1 Å². The zero-order chi connectivity index (χ0) is 16.2. The quantitative estimate of drug-likeness (QED) is 0.818. The maximum absolute atomic E-state index is 12.4. The number of nitrogens with one attached hydrogen (secondary N) is 1. The van der Waals surface area contributed by atoms with Gasteiger partial charge in [0.15, 0.2) is 0 Å². The fourth-order valence-electron chi connectivity index (χ4n) is 1.79. The minimum absolute atomic E-state index is 0.101. The molecule has 0 fully saturated rings. The van der Waals surface area contributed by atoms with E-state index in [0.29, 0.717) is 11.4 Å². The molecule has 4 nitrogen and oxygen atoms in total. The summed E-state index contributed by atoms with van der Waals surface area (Å²) in [6.45, 7) is 1.93. The lowest BCUT2D eigenvalue weighted by Gasteiger charge is -2.27. The van der Waals surface area contributed by atoms with Crippen LogP contribution < -0.4 is 11.1 Å². The second-order valence-electron chi connectivity index (χ2n) is 4.58. The molecule has 3 N–H and O–H groups in total. The monoisotopic (exact) mass is 323 g/mol. The number of hydrogen-bond acceptors (Lipinski definition) is 3. The van der Waals surface area contributed by atoms with Crippen molar-refractivity contribution in [1.29, 1.82) is 0 Å². The van der Waals surface area contributed by atoms with E-state index in [9.17, 15) is 18.0 Å². The van der Waals surface area contributed by atoms with E-state index in [0.717, 1.165) is 4.90 Å². The van der Waals surface area contributed by atoms with Crippen LogP contribution in [-0.4, -0.2) is 36.1 Å². The molecule has 0 heterocycles. The van der Waals surface area contributed by atoms with E-state index in [1.165, 1.54) is 19.1 Å². The minimum Gasteiger partial charge on any atom is -0.399 e. The summed E-state index contributed by atoms with van der Waals surface area (Å²) in [6.07, 6.45) is -4.36. The third-order valence-corrected chi connectivity index (χ3v) is 3.28. The number of carbonyl (C=O) groups excluding carboxylic acids is 1. The molecule has 0 aromatic heterocycles. The van der Waals surface area contributed by atoms with E-state index in [1.54, 1.807) is 13.0 Å². The molecule has 0 radical (unpaired) electrons. The number of nitrogen functional groups attached to an aromatic ring is 1. The van der Waals surface area contributed by atoms with Crippen molar-refractivity contribution in [1.82, 2.24) is 4.90 Å². The van der Waals surface area contributed by atoms with Crippen molar-refractivity contribution in [3.8, 4) is 0 Å². The van der Waals surface area contributed by atoms with Crippen LogP contribution in [0.2, 0.25) is 5.02 Å². The lowest BCUT2D eigenvalue weighted by atomic mass is 10.2. The Kier molecular flexibility index (Phi) is 5.86. The maximum Gasteiger partial charge on any atom is 0.401 e. The molecule has 1 atom stereocenters. The van der Waals surface area contributed by atoms with Crippen molar-refractivity contribution >= 4 is 28.9 Å². The molecule has 118 valence electrons. The van der Waals surface area contributed by atoms with Crippen molar-refractivity contribution in [2.24, 2.45) is 0 Å². The van der Waals surface area contributed by atoms with Gasteiger partial charge >= 0.3 is 6.18 Å². The van der Waals surface area contributed by atoms with Gasteiger partial charge in [-0.25, -0.2) is 0 Å². The van der Waals surface area contributed by atoms with Gasteiger partial charge in [-0.3, -0.25) is 9.69 Å². The van der Waals surface area contributed by atoms with E-state index in [4.69, 9.17) is 17.3 Å². The molecule has 0 saturated heterocycles. The fourth-order valence-corrected chi connectivity index (χ4v) is 2.02. The average Bonchev–Trinajstić information content (AvgIpc) is 2.37. The number of likely N-dealkylation sites (N-methyl/N-ethyl adjacent to an activating group) is 1. The SMILES string of the molecule is CCN(CC(F)(F)F)C(C)C(=O)Nc1ccc(N)cc1Cl. The second-order valence-corrected chi connectivity index (χ2v) is 4.99. The smallest absolute Gasteiger partial charge is 0.399 e. The third-order valence-electron chi connectivity index (χ3n) is 2.97. The van der Waals surface area contributed by atoms with Crippen LogP contribution in [0.25, 0.3) is 0 Å². The number of amides is 1. The molecule has 1 unspecified atom stereocenters. The molecule has 1 rings (SSSR count). The molecule has 1 aromatic carbocycles. The van der Waals surface area contributed by atoms with Gasteiger partial charge in [-0.2, -0.15) is 13.2 Å². The zero-order valence-corrected chi connectivity index (χ0v) is 12.4. The van der Waals surface area contributed by atoms with Crippen molar-refractivity contribution in [3.63, 3.8) is 0 Å². The Morgan fingerprint density at radius 2 is 2.10 bits per heavy atom. The van der Waals surface area contributed by atoms with E-state index in [-0.39, 0.29) is 11.6 Å². The summed E-state index contributed by atoms with van der Waals surface area (Å²) >= 11 is 5.91. The summed E-state index contributed by atoms with van der Waals surface area (Å²) in [6, 6.07) is 3.56. The Morgan fingerprint density at radius 1 is 1.48 bits per heavy atom. The summed E-state index contributed by atoms with van der Waals surface area (Å²) in [5, 5.41) is 2.73. The molecule has 0 bridgehead atoms. The van der Waals surface area contributed by atoms with E-state index >= 15 is 0 Å². The summed E-state index contributed by atoms with van der Waals surface area (Å²) in [5.74, 6) is -0.562. The van der Waals surface area contributed by atoms with Crippen LogP contribution in [0.1, 0.15) is 13.8 Å². The first kappa shape index (κ1) is 17.6. The zero-order valence-electron chi connectivity index (χ0n) is 11.7. The molecular formula is C13H17ClF3N3O. The van der Waals surface area contributed by atoms with E-state index in [1.807, 2.05) is 0 Å². The first-order valence-corrected chi connectivity index (χ1v) is 6.68. The van der Waals surface area contributed by atoms with Crippen molar-refractivity contribution < 1.29 is 18.0 Å². The first-order chi connectivity index (χ1) is 9.64. The Hall–Kier alpha value is -1.47. The molecule has 0 spiro atoms. The van der Waals surface area contributed by atoms with Crippen LogP contribution in [0, 0.1) is 0 Å². The Labute approximate surface area is 126 Å². The first-order valence-electron chi connectivity index (χ1n) is 6.30. The topological polar surface area (TPSA) is 58.4 Å². The van der Waals surface area contributed by atoms with Crippen LogP contribution in [0.5, 0.6) is 0 Å². The van der Waals surface area contributed by atoms with Crippen molar-refractivity contribution in [3.05, 3.63) is 23.2 Å². The molecule has 1 amide bonds. The lowest BCUT2D eigenvalue weighted by Crippen LogP contribution is -2.46. The highest BCUT2D eigenvalue weighted by atomic mass is 35.5. The highest BCUT2D eigenvalue weighted by Gasteiger charge is 2.34. The number of anilines is 2. The van der Waals surface area contributed by atoms with Crippen molar-refractivity contribution in [2.45, 2.75) is 26.1 Å². The Bertz CT molecular complexity index is 508. The number of hydrogen-bond donors (Lipinski definition) is 2. The predicted molar refractivity (Wildman–Crippen MR) is 77.3 cm³/mol. The highest BCUT2D eigenvalue weighted by Crippen LogP contribution is 2.25. The molecule has 0 aliphatic heterocycles. The van der Waals surface area contributed by atoms with Crippen LogP contribution >= 0.6 is 11.6 Å². The number of benzene rings is 1. The predicted octanol–water partition coefficient (Wildman–Crippen LogP) is 3.13. The van der Waals surface area contributed by atoms with Crippen LogP contribution in [0.3, 0.4) is 0 Å². The molecule has 8 heteroatoms. The molecule has 21 heavy (non-hydrogen) atoms. The van der Waals surface area contributed by atoms with Gasteiger partial charge in [0.05, 0.1) is 23.3 Å². The maximum atomic E-state index is 12.4. The van der Waals surface area contributed by atoms with Crippen LogP contribution in [-0.2, 0) is 4.79 Å². The van der Waals surface area contributed by atoms with Gasteiger partial charge in [0.2, 0.25) is 5.91 Å². The van der Waals surface area contributed by atoms with Gasteiger partial charge in [0, 0.05) is 5.69 Å². The van der Waals surface area contributed by atoms with Gasteiger partial charge in [0.25, 0.3) is 0 Å². The van der Waals surface area contributed by atoms with Crippen LogP contribution in [0.4, 0.5) is 24.5 Å². The fraction of sp³-hybridized carbons (Fsp3) is 0.462. The number of halogens is 4.